The smallest absolute Gasteiger partial charge is 0.217 e. The molecule has 1 amide bonds. The van der Waals surface area contributed by atoms with Gasteiger partial charge >= 0.3 is 0 Å². The van der Waals surface area contributed by atoms with Crippen LogP contribution in [-0.4, -0.2) is 130 Å². The molecule has 0 saturated carbocycles. The van der Waals surface area contributed by atoms with E-state index in [1.54, 1.807) is 12.2 Å². The zero-order valence-corrected chi connectivity index (χ0v) is 18.7. The summed E-state index contributed by atoms with van der Waals surface area (Å²) < 4.78 is 21.4. The van der Waals surface area contributed by atoms with Crippen molar-refractivity contribution in [3.63, 3.8) is 0 Å². The quantitative estimate of drug-likeness (QED) is 0.121. The predicted molar refractivity (Wildman–Crippen MR) is 111 cm³/mol. The maximum Gasteiger partial charge on any atom is 0.217 e. The van der Waals surface area contributed by atoms with Gasteiger partial charge in [0.15, 0.2) is 12.6 Å². The molecule has 13 heteroatoms. The molecule has 2 rings (SSSR count). The van der Waals surface area contributed by atoms with Gasteiger partial charge in [-0.3, -0.25) is 4.79 Å². The Balaban J connectivity index is 1.77. The van der Waals surface area contributed by atoms with Crippen molar-refractivity contribution in [1.82, 2.24) is 5.32 Å². The van der Waals surface area contributed by atoms with E-state index in [9.17, 15) is 35.4 Å². The van der Waals surface area contributed by atoms with Gasteiger partial charge in [-0.25, -0.2) is 0 Å². The van der Waals surface area contributed by atoms with E-state index in [-0.39, 0.29) is 6.61 Å². The summed E-state index contributed by atoms with van der Waals surface area (Å²) in [6.07, 6.45) is -7.09. The highest BCUT2D eigenvalue weighted by Gasteiger charge is 2.45. The van der Waals surface area contributed by atoms with Crippen molar-refractivity contribution in [2.24, 2.45) is 0 Å². The van der Waals surface area contributed by atoms with E-state index in [0.29, 0.717) is 11.5 Å². The molecular formula is C19H33NO11S. The Labute approximate surface area is 190 Å². The molecule has 0 aromatic heterocycles. The van der Waals surface area contributed by atoms with Crippen LogP contribution in [0, 0.1) is 0 Å². The number of nitrogens with one attached hydrogen (secondary N) is 1. The minimum atomic E-state index is -1.38. The van der Waals surface area contributed by atoms with Crippen LogP contribution in [0.5, 0.6) is 0 Å². The van der Waals surface area contributed by atoms with Gasteiger partial charge in [0.25, 0.3) is 0 Å². The molecule has 0 aromatic rings. The Morgan fingerprint density at radius 2 is 1.62 bits per heavy atom. The highest BCUT2D eigenvalue weighted by atomic mass is 32.2. The number of thioether (sulfide) groups is 1. The van der Waals surface area contributed by atoms with E-state index in [0.717, 1.165) is 0 Å². The van der Waals surface area contributed by atoms with Gasteiger partial charge in [0.2, 0.25) is 5.91 Å². The Kier molecular flexibility index (Phi) is 11.3. The van der Waals surface area contributed by atoms with Crippen LogP contribution in [0.1, 0.15) is 6.92 Å². The summed E-state index contributed by atoms with van der Waals surface area (Å²) in [7, 11) is 1.33. The molecule has 10 atom stereocenters. The minimum Gasteiger partial charge on any atom is -0.394 e. The molecule has 0 spiro atoms. The summed E-state index contributed by atoms with van der Waals surface area (Å²) in [6.45, 7) is 0.802. The predicted octanol–water partition coefficient (Wildman–Crippen LogP) is -3.31. The molecule has 2 aliphatic heterocycles. The van der Waals surface area contributed by atoms with Crippen LogP contribution >= 0.6 is 11.8 Å². The first-order valence-electron chi connectivity index (χ1n) is 10.2. The van der Waals surface area contributed by atoms with E-state index in [4.69, 9.17) is 18.9 Å². The minimum absolute atomic E-state index is 0.0709. The number of amides is 1. The van der Waals surface area contributed by atoms with Crippen molar-refractivity contribution in [1.29, 1.82) is 0 Å². The third-order valence-electron chi connectivity index (χ3n) is 5.17. The highest BCUT2D eigenvalue weighted by Crippen LogP contribution is 2.24. The molecule has 7 N–H and O–H groups in total. The Hall–Kier alpha value is -0.840. The van der Waals surface area contributed by atoms with Gasteiger partial charge < -0.3 is 54.9 Å². The molecule has 0 unspecified atom stereocenters. The van der Waals surface area contributed by atoms with Crippen molar-refractivity contribution < 1.29 is 54.4 Å². The summed E-state index contributed by atoms with van der Waals surface area (Å²) in [5.74, 6) is 0.426. The lowest BCUT2D eigenvalue weighted by molar-refractivity contribution is -0.284. The molecule has 2 heterocycles. The van der Waals surface area contributed by atoms with Crippen molar-refractivity contribution in [2.75, 3.05) is 31.8 Å². The van der Waals surface area contributed by atoms with Crippen LogP contribution in [0.2, 0.25) is 0 Å². The number of ether oxygens (including phenoxy) is 4. The van der Waals surface area contributed by atoms with Gasteiger partial charge in [0, 0.05) is 25.5 Å². The van der Waals surface area contributed by atoms with Crippen molar-refractivity contribution >= 4 is 17.7 Å². The molecule has 0 aliphatic carbocycles. The normalized spacial score (nSPS) is 40.5. The molecule has 2 fully saturated rings. The van der Waals surface area contributed by atoms with Crippen LogP contribution in [0.3, 0.4) is 0 Å². The lowest BCUT2D eigenvalue weighted by Crippen LogP contribution is -2.64. The van der Waals surface area contributed by atoms with E-state index < -0.39 is 73.9 Å². The molecule has 0 radical (unpaired) electrons. The number of aliphatic hydroxyl groups excluding tert-OH is 6. The Morgan fingerprint density at radius 3 is 2.25 bits per heavy atom. The first-order chi connectivity index (χ1) is 15.2. The second kappa shape index (κ2) is 13.2. The molecule has 0 aromatic carbocycles. The fourth-order valence-corrected chi connectivity index (χ4v) is 4.32. The maximum absolute atomic E-state index is 11.4. The van der Waals surface area contributed by atoms with Crippen LogP contribution in [0.25, 0.3) is 0 Å². The highest BCUT2D eigenvalue weighted by molar-refractivity contribution is 7.99. The zero-order chi connectivity index (χ0) is 23.8. The van der Waals surface area contributed by atoms with Crippen molar-refractivity contribution in [3.8, 4) is 0 Å². The van der Waals surface area contributed by atoms with E-state index in [2.05, 4.69) is 5.32 Å². The van der Waals surface area contributed by atoms with Crippen LogP contribution in [-0.2, 0) is 23.7 Å². The molecule has 32 heavy (non-hydrogen) atoms. The number of aliphatic hydroxyl groups is 6. The second-order valence-corrected chi connectivity index (χ2v) is 8.60. The molecule has 2 aliphatic rings. The number of carbonyl (C=O) groups is 1. The summed E-state index contributed by atoms with van der Waals surface area (Å²) >= 11 is 1.41. The summed E-state index contributed by atoms with van der Waals surface area (Å²) in [4.78, 5) is 11.4. The summed E-state index contributed by atoms with van der Waals surface area (Å²) in [5.41, 5.74) is 0. The van der Waals surface area contributed by atoms with Gasteiger partial charge in [-0.15, -0.1) is 0 Å². The Bertz CT molecular complexity index is 610. The van der Waals surface area contributed by atoms with Crippen LogP contribution < -0.4 is 5.32 Å². The lowest BCUT2D eigenvalue weighted by Gasteiger charge is -2.42. The topological polar surface area (TPSA) is 187 Å². The van der Waals surface area contributed by atoms with E-state index >= 15 is 0 Å². The third kappa shape index (κ3) is 7.08. The zero-order valence-electron chi connectivity index (χ0n) is 17.9. The van der Waals surface area contributed by atoms with Gasteiger partial charge in [0.1, 0.15) is 42.7 Å². The largest absolute Gasteiger partial charge is 0.394 e. The average Bonchev–Trinajstić information content (AvgIpc) is 2.77. The summed E-state index contributed by atoms with van der Waals surface area (Å²) in [6, 6.07) is -1.01. The Morgan fingerprint density at radius 1 is 0.969 bits per heavy atom. The lowest BCUT2D eigenvalue weighted by atomic mass is 9.97. The monoisotopic (exact) mass is 483 g/mol. The number of methoxy groups -OCH3 is 1. The van der Waals surface area contributed by atoms with Gasteiger partial charge in [-0.1, -0.05) is 12.2 Å². The molecule has 2 saturated heterocycles. The van der Waals surface area contributed by atoms with E-state index in [1.165, 1.54) is 25.8 Å². The van der Waals surface area contributed by atoms with Gasteiger partial charge in [0.05, 0.1) is 19.3 Å². The summed E-state index contributed by atoms with van der Waals surface area (Å²) in [5, 5.41) is 61.6. The fraction of sp³-hybridized carbons (Fsp3) is 0.842. The first-order valence-corrected chi connectivity index (χ1v) is 11.3. The van der Waals surface area contributed by atoms with Gasteiger partial charge in [-0.05, 0) is 0 Å². The van der Waals surface area contributed by atoms with E-state index in [1.807, 2.05) is 0 Å². The van der Waals surface area contributed by atoms with Crippen molar-refractivity contribution in [3.05, 3.63) is 12.2 Å². The number of carbonyl (C=O) groups excluding carboxylic acids is 1. The number of hydrogen-bond acceptors (Lipinski definition) is 12. The maximum atomic E-state index is 11.4. The average molecular weight is 484 g/mol. The molecule has 186 valence electrons. The van der Waals surface area contributed by atoms with Crippen molar-refractivity contribution in [2.45, 2.75) is 68.3 Å². The standard InChI is InChI=1S/C19H33NO11S/c1-9(22)20-12-15(25)13(23)10(7-21)30-18(12)29-5-3-4-6-32-8-11-14(24)16(26)17(27)19(28-2)31-11/h3-4,10-19,21,23-27H,5-8H2,1-2H3,(H,20,22)/b4-3+/t10-,11-,12-,13-,14-,15-,16+,17-,18-,19+/m1/s1. The second-order valence-electron chi connectivity index (χ2n) is 7.53. The third-order valence-corrected chi connectivity index (χ3v) is 6.16. The van der Waals surface area contributed by atoms with Gasteiger partial charge in [-0.2, -0.15) is 11.8 Å². The van der Waals surface area contributed by atoms with Crippen LogP contribution in [0.15, 0.2) is 12.2 Å². The molecule has 0 bridgehead atoms. The van der Waals surface area contributed by atoms with Crippen LogP contribution in [0.4, 0.5) is 0 Å². The number of hydrogen-bond donors (Lipinski definition) is 7. The number of rotatable bonds is 10. The molecular weight excluding hydrogens is 450 g/mol. The molecule has 12 nitrogen and oxygen atoms in total. The SMILES string of the molecule is CO[C@H]1O[C@H](CSC/C=C/CO[C@@H]2O[C@H](CO)[C@@H](O)[C@H](O)[C@H]2NC(C)=O)[C@@H](O)[C@H](O)[C@H]1O. The fourth-order valence-electron chi connectivity index (χ4n) is 3.40. The first kappa shape index (κ1) is 27.4.